The third-order valence-electron chi connectivity index (χ3n) is 14.4. The number of hydrogen-bond acceptors (Lipinski definition) is 6. The van der Waals surface area contributed by atoms with Gasteiger partial charge < -0.3 is 28.8 Å². The van der Waals surface area contributed by atoms with Crippen molar-refractivity contribution in [2.75, 3.05) is 40.9 Å². The van der Waals surface area contributed by atoms with Crippen molar-refractivity contribution in [2.24, 2.45) is 0 Å². The molecule has 0 aliphatic heterocycles. The molecule has 0 aromatic rings. The first kappa shape index (κ1) is 70.0. The van der Waals surface area contributed by atoms with E-state index in [2.05, 4.69) is 43.5 Å². The van der Waals surface area contributed by atoms with E-state index in [1.807, 2.05) is 21.1 Å². The van der Waals surface area contributed by atoms with E-state index in [-0.39, 0.29) is 19.1 Å². The number of phosphoric ester groups is 1. The van der Waals surface area contributed by atoms with Crippen LogP contribution in [0.3, 0.4) is 0 Å². The topological polar surface area (TPSA) is 108 Å². The Morgan fingerprint density at radius 3 is 1.17 bits per heavy atom. The van der Waals surface area contributed by atoms with Gasteiger partial charge in [-0.15, -0.1) is 0 Å². The second kappa shape index (κ2) is 53.8. The number of rotatable bonds is 58. The molecule has 422 valence electrons. The van der Waals surface area contributed by atoms with Crippen LogP contribution in [0.15, 0.2) is 24.3 Å². The van der Waals surface area contributed by atoms with Crippen LogP contribution in [-0.4, -0.2) is 68.5 Å². The van der Waals surface area contributed by atoms with E-state index in [1.54, 1.807) is 0 Å². The third kappa shape index (κ3) is 56.5. The van der Waals surface area contributed by atoms with Crippen molar-refractivity contribution >= 4 is 13.7 Å². The minimum absolute atomic E-state index is 0.0148. The molecule has 3 unspecified atom stereocenters. The van der Waals surface area contributed by atoms with Gasteiger partial charge in [0.25, 0.3) is 7.82 Å². The summed E-state index contributed by atoms with van der Waals surface area (Å²) in [7, 11) is 1.32. The summed E-state index contributed by atoms with van der Waals surface area (Å²) >= 11 is 0. The van der Waals surface area contributed by atoms with E-state index in [0.29, 0.717) is 23.9 Å². The lowest BCUT2D eigenvalue weighted by Crippen LogP contribution is -2.46. The molecule has 0 aliphatic rings. The van der Waals surface area contributed by atoms with Gasteiger partial charge in [0.05, 0.1) is 39.9 Å². The van der Waals surface area contributed by atoms with Gasteiger partial charge in [0.2, 0.25) is 5.91 Å². The van der Waals surface area contributed by atoms with Gasteiger partial charge in [-0.25, -0.2) is 0 Å². The highest BCUT2D eigenvalue weighted by atomic mass is 31.2. The second-order valence-corrected chi connectivity index (χ2v) is 24.2. The summed E-state index contributed by atoms with van der Waals surface area (Å²) in [5.74, 6) is -0.158. The number of allylic oxidation sites excluding steroid dienone is 4. The molecule has 0 rings (SSSR count). The van der Waals surface area contributed by atoms with Crippen LogP contribution in [0, 0.1) is 0 Å². The van der Waals surface area contributed by atoms with E-state index in [1.165, 1.54) is 244 Å². The van der Waals surface area contributed by atoms with Crippen molar-refractivity contribution in [3.8, 4) is 0 Å². The zero-order valence-corrected chi connectivity index (χ0v) is 49.1. The standard InChI is InChI=1S/C62H123N2O6P/c1-6-8-10-12-14-16-18-20-22-24-26-27-28-29-30-31-32-33-34-35-36-37-38-40-42-44-46-48-50-52-54-56-62(66)63-60(59-70-71(67,68)69-58-57-64(3,4)5)61(65)55-53-51-49-47-45-43-41-39-25-23-21-19-17-15-13-11-9-7-2/h18,20,24,26,60-61,65H,6-17,19,21-23,25,27-59H2,1-5H3,(H-,63,66,67,68)/b20-18-,26-24-. The number of hydrogen-bond donors (Lipinski definition) is 2. The molecule has 0 bridgehead atoms. The Hall–Kier alpha value is -1.02. The predicted octanol–water partition coefficient (Wildman–Crippen LogP) is 18.5. The van der Waals surface area contributed by atoms with Crippen LogP contribution in [-0.2, 0) is 18.4 Å². The molecular formula is C62H123N2O6P. The average molecular weight is 1020 g/mol. The Morgan fingerprint density at radius 2 is 0.817 bits per heavy atom. The van der Waals surface area contributed by atoms with Crippen LogP contribution >= 0.6 is 7.82 Å². The SMILES string of the molecule is CCCCCCC/C=C\C/C=C\CCCCCCCCCCCCCCCCCCCCCC(=O)NC(COP(=O)([O-])OCC[N+](C)(C)C)C(O)CCCCCCCCCCCCCCCCCCCC. The lowest BCUT2D eigenvalue weighted by molar-refractivity contribution is -0.870. The average Bonchev–Trinajstić information content (AvgIpc) is 3.33. The number of phosphoric acid groups is 1. The Balaban J connectivity index is 4.02. The zero-order valence-electron chi connectivity index (χ0n) is 48.2. The highest BCUT2D eigenvalue weighted by Crippen LogP contribution is 2.38. The summed E-state index contributed by atoms with van der Waals surface area (Å²) in [6.45, 7) is 4.76. The Bertz CT molecular complexity index is 1210. The van der Waals surface area contributed by atoms with Gasteiger partial charge in [0.1, 0.15) is 13.2 Å². The molecular weight excluding hydrogens is 900 g/mol. The molecule has 3 atom stereocenters. The molecule has 0 radical (unpaired) electrons. The molecule has 0 heterocycles. The summed E-state index contributed by atoms with van der Waals surface area (Å²) in [5, 5.41) is 14.0. The summed E-state index contributed by atoms with van der Waals surface area (Å²) in [6, 6.07) is -0.798. The highest BCUT2D eigenvalue weighted by Gasteiger charge is 2.24. The maximum absolute atomic E-state index is 13.0. The molecule has 8 nitrogen and oxygen atoms in total. The largest absolute Gasteiger partial charge is 0.756 e. The van der Waals surface area contributed by atoms with Crippen LogP contribution in [0.5, 0.6) is 0 Å². The number of nitrogens with one attached hydrogen (secondary N) is 1. The molecule has 0 saturated carbocycles. The van der Waals surface area contributed by atoms with Gasteiger partial charge in [-0.2, -0.15) is 0 Å². The molecule has 1 amide bonds. The predicted molar refractivity (Wildman–Crippen MR) is 307 cm³/mol. The molecule has 0 spiro atoms. The summed E-state index contributed by atoms with van der Waals surface area (Å²) in [6.07, 6.45) is 67.9. The summed E-state index contributed by atoms with van der Waals surface area (Å²) in [4.78, 5) is 25.6. The van der Waals surface area contributed by atoms with Gasteiger partial charge in [-0.05, 0) is 44.9 Å². The molecule has 9 heteroatoms. The van der Waals surface area contributed by atoms with Gasteiger partial charge in [0.15, 0.2) is 0 Å². The number of quaternary nitrogens is 1. The number of unbranched alkanes of at least 4 members (excludes halogenated alkanes) is 41. The number of likely N-dealkylation sites (N-methyl/N-ethyl adjacent to an activating group) is 1. The zero-order chi connectivity index (χ0) is 52.0. The number of aliphatic hydroxyl groups is 1. The first-order valence-corrected chi connectivity index (χ1v) is 32.6. The minimum atomic E-state index is -4.57. The smallest absolute Gasteiger partial charge is 0.268 e. The fraction of sp³-hybridized carbons (Fsp3) is 0.919. The summed E-state index contributed by atoms with van der Waals surface area (Å²) in [5.41, 5.74) is 0. The van der Waals surface area contributed by atoms with E-state index >= 15 is 0 Å². The maximum atomic E-state index is 13.0. The Morgan fingerprint density at radius 1 is 0.493 bits per heavy atom. The van der Waals surface area contributed by atoms with Gasteiger partial charge in [-0.1, -0.05) is 289 Å². The number of carbonyl (C=O) groups excluding carboxylic acids is 1. The molecule has 71 heavy (non-hydrogen) atoms. The first-order chi connectivity index (χ1) is 34.5. The van der Waals surface area contributed by atoms with Crippen molar-refractivity contribution in [1.29, 1.82) is 0 Å². The summed E-state index contributed by atoms with van der Waals surface area (Å²) < 4.78 is 23.5. The molecule has 0 aromatic carbocycles. The second-order valence-electron chi connectivity index (χ2n) is 22.8. The van der Waals surface area contributed by atoms with Crippen LogP contribution in [0.1, 0.15) is 316 Å². The minimum Gasteiger partial charge on any atom is -0.756 e. The van der Waals surface area contributed by atoms with Crippen molar-refractivity contribution in [3.63, 3.8) is 0 Å². The lowest BCUT2D eigenvalue weighted by atomic mass is 10.0. The third-order valence-corrected chi connectivity index (χ3v) is 15.4. The maximum Gasteiger partial charge on any atom is 0.268 e. The number of nitrogens with zero attached hydrogens (tertiary/aromatic N) is 1. The van der Waals surface area contributed by atoms with Gasteiger partial charge in [0, 0.05) is 6.42 Å². The van der Waals surface area contributed by atoms with Crippen LogP contribution in [0.2, 0.25) is 0 Å². The van der Waals surface area contributed by atoms with Crippen molar-refractivity contribution in [2.45, 2.75) is 328 Å². The fourth-order valence-corrected chi connectivity index (χ4v) is 10.3. The first-order valence-electron chi connectivity index (χ1n) is 31.2. The van der Waals surface area contributed by atoms with Crippen LogP contribution in [0.4, 0.5) is 0 Å². The van der Waals surface area contributed by atoms with E-state index in [9.17, 15) is 19.4 Å². The van der Waals surface area contributed by atoms with E-state index < -0.39 is 20.0 Å². The highest BCUT2D eigenvalue weighted by molar-refractivity contribution is 7.45. The fourth-order valence-electron chi connectivity index (χ4n) is 9.54. The van der Waals surface area contributed by atoms with Crippen molar-refractivity contribution < 1.29 is 32.9 Å². The van der Waals surface area contributed by atoms with Crippen molar-refractivity contribution in [1.82, 2.24) is 5.32 Å². The molecule has 0 saturated heterocycles. The molecule has 2 N–H and O–H groups in total. The van der Waals surface area contributed by atoms with E-state index in [0.717, 1.165) is 44.9 Å². The van der Waals surface area contributed by atoms with Crippen LogP contribution in [0.25, 0.3) is 0 Å². The molecule has 0 fully saturated rings. The van der Waals surface area contributed by atoms with Crippen LogP contribution < -0.4 is 10.2 Å². The molecule has 0 aliphatic carbocycles. The number of carbonyl (C=O) groups is 1. The lowest BCUT2D eigenvalue weighted by Gasteiger charge is -2.30. The Kier molecular flexibility index (Phi) is 53.0. The van der Waals surface area contributed by atoms with Gasteiger partial charge in [-0.3, -0.25) is 9.36 Å². The van der Waals surface area contributed by atoms with Gasteiger partial charge >= 0.3 is 0 Å². The monoisotopic (exact) mass is 1020 g/mol. The quantitative estimate of drug-likeness (QED) is 0.0272. The Labute approximate surface area is 443 Å². The normalized spacial score (nSPS) is 14.0. The van der Waals surface area contributed by atoms with Crippen molar-refractivity contribution in [3.05, 3.63) is 24.3 Å². The number of amides is 1. The molecule has 0 aromatic heterocycles. The number of aliphatic hydroxyl groups excluding tert-OH is 1. The van der Waals surface area contributed by atoms with E-state index in [4.69, 9.17) is 9.05 Å².